The molecule has 1 aliphatic heterocycles. The lowest BCUT2D eigenvalue weighted by Crippen LogP contribution is -2.55. The van der Waals surface area contributed by atoms with Gasteiger partial charge in [0.1, 0.15) is 18.0 Å². The molecule has 0 bridgehead atoms. The van der Waals surface area contributed by atoms with Crippen LogP contribution >= 0.6 is 12.2 Å². The summed E-state index contributed by atoms with van der Waals surface area (Å²) in [5.74, 6) is 0.520. The molecule has 1 aliphatic rings. The molecule has 1 aromatic carbocycles. The Kier molecular flexibility index (Phi) is 5.49. The first-order chi connectivity index (χ1) is 10.0. The van der Waals surface area contributed by atoms with Crippen molar-refractivity contribution in [3.8, 4) is 5.75 Å². The minimum Gasteiger partial charge on any atom is -0.445 e. The summed E-state index contributed by atoms with van der Waals surface area (Å²) in [6.45, 7) is 1.92. The van der Waals surface area contributed by atoms with E-state index in [2.05, 4.69) is 0 Å². The first kappa shape index (κ1) is 16.1. The third kappa shape index (κ3) is 4.12. The van der Waals surface area contributed by atoms with Gasteiger partial charge in [-0.1, -0.05) is 17.7 Å². The predicted molar refractivity (Wildman–Crippen MR) is 78.0 cm³/mol. The van der Waals surface area contributed by atoms with Crippen LogP contribution in [0.5, 0.6) is 5.75 Å². The third-order valence-electron chi connectivity index (χ3n) is 3.12. The molecular weight excluding hydrogens is 296 g/mol. The molecule has 1 aromatic rings. The van der Waals surface area contributed by atoms with Crippen molar-refractivity contribution < 1.29 is 29.2 Å². The fourth-order valence-electron chi connectivity index (χ4n) is 1.93. The molecule has 21 heavy (non-hydrogen) atoms. The monoisotopic (exact) mass is 314 g/mol. The highest BCUT2D eigenvalue weighted by molar-refractivity contribution is 7.79. The molecule has 0 radical (unpaired) electrons. The van der Waals surface area contributed by atoms with Crippen molar-refractivity contribution in [3.05, 3.63) is 29.8 Å². The van der Waals surface area contributed by atoms with E-state index in [4.69, 9.17) is 31.2 Å². The van der Waals surface area contributed by atoms with Crippen LogP contribution in [0.4, 0.5) is 0 Å². The second-order valence-electron chi connectivity index (χ2n) is 4.74. The summed E-state index contributed by atoms with van der Waals surface area (Å²) in [5, 5.41) is 19.4. The van der Waals surface area contributed by atoms with Crippen molar-refractivity contribution in [1.29, 1.82) is 0 Å². The molecule has 4 atom stereocenters. The second-order valence-corrected chi connectivity index (χ2v) is 5.08. The number of hydrogen-bond donors (Lipinski definition) is 2. The molecule has 0 amide bonds. The first-order valence-electron chi connectivity index (χ1n) is 6.47. The van der Waals surface area contributed by atoms with Gasteiger partial charge in [-0.15, -0.1) is 0 Å². The van der Waals surface area contributed by atoms with Crippen molar-refractivity contribution >= 4 is 17.5 Å². The van der Waals surface area contributed by atoms with Crippen LogP contribution in [-0.4, -0.2) is 53.8 Å². The summed E-state index contributed by atoms with van der Waals surface area (Å²) in [6, 6.07) is 7.25. The maximum atomic E-state index is 9.94. The lowest BCUT2D eigenvalue weighted by atomic mass is 10.1. The summed E-state index contributed by atoms with van der Waals surface area (Å²) in [7, 11) is 1.41. The fraction of sp³-hybridized carbons (Fsp3) is 0.500. The van der Waals surface area contributed by atoms with Gasteiger partial charge in [0.25, 0.3) is 0 Å². The SMILES string of the molecule is CO[C@H]1OC[C@@H](O)[C@H](O)[C@H]1OC(=S)Oc1ccc(C)cc1. The van der Waals surface area contributed by atoms with E-state index in [-0.39, 0.29) is 11.8 Å². The van der Waals surface area contributed by atoms with Crippen LogP contribution in [0.3, 0.4) is 0 Å². The molecule has 0 aliphatic carbocycles. The Morgan fingerprint density at radius 2 is 1.95 bits per heavy atom. The predicted octanol–water partition coefficient (Wildman–Crippen LogP) is 0.768. The highest BCUT2D eigenvalue weighted by Gasteiger charge is 2.41. The third-order valence-corrected chi connectivity index (χ3v) is 3.30. The van der Waals surface area contributed by atoms with Crippen molar-refractivity contribution in [3.63, 3.8) is 0 Å². The van der Waals surface area contributed by atoms with Gasteiger partial charge in [0.05, 0.1) is 6.61 Å². The van der Waals surface area contributed by atoms with Gasteiger partial charge in [0, 0.05) is 19.3 Å². The Bertz CT molecular complexity index is 475. The van der Waals surface area contributed by atoms with Crippen LogP contribution in [0.15, 0.2) is 24.3 Å². The summed E-state index contributed by atoms with van der Waals surface area (Å²) in [5.41, 5.74) is 1.09. The van der Waals surface area contributed by atoms with E-state index in [1.54, 1.807) is 12.1 Å². The van der Waals surface area contributed by atoms with E-state index in [0.29, 0.717) is 5.75 Å². The molecular formula is C14H18O6S. The van der Waals surface area contributed by atoms with E-state index in [1.165, 1.54) is 7.11 Å². The van der Waals surface area contributed by atoms with E-state index in [1.807, 2.05) is 19.1 Å². The normalized spacial score (nSPS) is 29.0. The summed E-state index contributed by atoms with van der Waals surface area (Å²) in [4.78, 5) is 0. The lowest BCUT2D eigenvalue weighted by molar-refractivity contribution is -0.259. The highest BCUT2D eigenvalue weighted by Crippen LogP contribution is 2.21. The van der Waals surface area contributed by atoms with Crippen molar-refractivity contribution in [1.82, 2.24) is 0 Å². The number of thiocarbonyl (C=S) groups is 1. The Hall–Kier alpha value is -1.25. The molecule has 1 saturated heterocycles. The van der Waals surface area contributed by atoms with Gasteiger partial charge in [-0.05, 0) is 19.1 Å². The van der Waals surface area contributed by atoms with Crippen LogP contribution in [0.1, 0.15) is 5.56 Å². The zero-order chi connectivity index (χ0) is 15.4. The van der Waals surface area contributed by atoms with Gasteiger partial charge >= 0.3 is 5.24 Å². The van der Waals surface area contributed by atoms with E-state index < -0.39 is 24.6 Å². The number of hydrogen-bond acceptors (Lipinski definition) is 7. The standard InChI is InChI=1S/C14H18O6S/c1-8-3-5-9(6-4-8)19-14(21)20-12-11(16)10(15)7-18-13(12)17-2/h3-6,10-13,15-16H,7H2,1-2H3/t10-,11+,12-,13+/m1/s1. The molecule has 6 nitrogen and oxygen atoms in total. The van der Waals surface area contributed by atoms with E-state index in [9.17, 15) is 10.2 Å². The molecule has 7 heteroatoms. The van der Waals surface area contributed by atoms with Gasteiger partial charge in [-0.25, -0.2) is 0 Å². The summed E-state index contributed by atoms with van der Waals surface area (Å²) in [6.07, 6.45) is -4.04. The minimum absolute atomic E-state index is 0.0366. The van der Waals surface area contributed by atoms with Gasteiger partial charge in [-0.3, -0.25) is 0 Å². The van der Waals surface area contributed by atoms with Gasteiger partial charge < -0.3 is 29.2 Å². The maximum absolute atomic E-state index is 9.94. The topological polar surface area (TPSA) is 77.4 Å². The molecule has 1 fully saturated rings. The van der Waals surface area contributed by atoms with Crippen LogP contribution in [-0.2, 0) is 14.2 Å². The lowest BCUT2D eigenvalue weighted by Gasteiger charge is -2.36. The van der Waals surface area contributed by atoms with Crippen molar-refractivity contribution in [2.45, 2.75) is 31.5 Å². The molecule has 0 spiro atoms. The van der Waals surface area contributed by atoms with Crippen LogP contribution < -0.4 is 4.74 Å². The van der Waals surface area contributed by atoms with Gasteiger partial charge in [0.2, 0.25) is 0 Å². The van der Waals surface area contributed by atoms with Gasteiger partial charge in [-0.2, -0.15) is 0 Å². The summed E-state index contributed by atoms with van der Waals surface area (Å²) >= 11 is 4.99. The average Bonchev–Trinajstić information content (AvgIpc) is 2.47. The number of aliphatic hydroxyl groups excluding tert-OH is 2. The molecule has 2 rings (SSSR count). The zero-order valence-electron chi connectivity index (χ0n) is 11.8. The Balaban J connectivity index is 1.97. The molecule has 0 aromatic heterocycles. The number of ether oxygens (including phenoxy) is 4. The van der Waals surface area contributed by atoms with Gasteiger partial charge in [0.15, 0.2) is 12.4 Å². The number of aliphatic hydroxyl groups is 2. The first-order valence-corrected chi connectivity index (χ1v) is 6.87. The van der Waals surface area contributed by atoms with Crippen LogP contribution in [0.25, 0.3) is 0 Å². The van der Waals surface area contributed by atoms with E-state index >= 15 is 0 Å². The largest absolute Gasteiger partial charge is 0.445 e. The average molecular weight is 314 g/mol. The van der Waals surface area contributed by atoms with E-state index in [0.717, 1.165) is 5.56 Å². The van der Waals surface area contributed by atoms with Crippen LogP contribution in [0.2, 0.25) is 0 Å². The highest BCUT2D eigenvalue weighted by atomic mass is 32.1. The Labute approximate surface area is 128 Å². The quantitative estimate of drug-likeness (QED) is 0.798. The number of benzene rings is 1. The smallest absolute Gasteiger partial charge is 0.358 e. The fourth-order valence-corrected chi connectivity index (χ4v) is 2.14. The van der Waals surface area contributed by atoms with Crippen LogP contribution in [0, 0.1) is 6.92 Å². The summed E-state index contributed by atoms with van der Waals surface area (Å²) < 4.78 is 21.0. The maximum Gasteiger partial charge on any atom is 0.358 e. The zero-order valence-corrected chi connectivity index (χ0v) is 12.6. The second kappa shape index (κ2) is 7.15. The Morgan fingerprint density at radius 1 is 1.29 bits per heavy atom. The number of rotatable bonds is 3. The molecule has 116 valence electrons. The van der Waals surface area contributed by atoms with Crippen molar-refractivity contribution in [2.24, 2.45) is 0 Å². The number of aryl methyl sites for hydroxylation is 1. The van der Waals surface area contributed by atoms with Crippen molar-refractivity contribution in [2.75, 3.05) is 13.7 Å². The molecule has 2 N–H and O–H groups in total. The minimum atomic E-state index is -1.18. The molecule has 1 heterocycles. The molecule has 0 saturated carbocycles. The Morgan fingerprint density at radius 3 is 2.57 bits per heavy atom. The molecule has 0 unspecified atom stereocenters. The number of methoxy groups -OCH3 is 1.